The lowest BCUT2D eigenvalue weighted by Gasteiger charge is -2.33. The van der Waals surface area contributed by atoms with Crippen molar-refractivity contribution < 1.29 is 13.2 Å². The van der Waals surface area contributed by atoms with E-state index in [2.05, 4.69) is 25.6 Å². The minimum absolute atomic E-state index is 0.0566. The second-order valence-electron chi connectivity index (χ2n) is 7.06. The van der Waals surface area contributed by atoms with E-state index in [0.29, 0.717) is 18.5 Å². The third-order valence-electron chi connectivity index (χ3n) is 4.86. The molecule has 0 aromatic carbocycles. The van der Waals surface area contributed by atoms with Gasteiger partial charge in [-0.15, -0.1) is 0 Å². The van der Waals surface area contributed by atoms with Crippen molar-refractivity contribution in [2.45, 2.75) is 57.4 Å². The molecule has 2 fully saturated rings. The molecule has 0 unspecified atom stereocenters. The fourth-order valence-corrected chi connectivity index (χ4v) is 3.42. The van der Waals surface area contributed by atoms with Crippen molar-refractivity contribution in [1.29, 1.82) is 0 Å². The zero-order valence-corrected chi connectivity index (χ0v) is 15.3. The van der Waals surface area contributed by atoms with E-state index < -0.39 is 11.9 Å². The highest BCUT2D eigenvalue weighted by molar-refractivity contribution is 5.80. The molecule has 26 heavy (non-hydrogen) atoms. The predicted molar refractivity (Wildman–Crippen MR) is 93.8 cm³/mol. The average Bonchev–Trinajstić information content (AvgIpc) is 3.35. The van der Waals surface area contributed by atoms with Crippen molar-refractivity contribution in [3.8, 4) is 0 Å². The zero-order chi connectivity index (χ0) is 18.7. The van der Waals surface area contributed by atoms with Gasteiger partial charge < -0.3 is 15.5 Å². The van der Waals surface area contributed by atoms with Gasteiger partial charge in [-0.05, 0) is 32.6 Å². The third-order valence-corrected chi connectivity index (χ3v) is 4.86. The van der Waals surface area contributed by atoms with Gasteiger partial charge in [0.1, 0.15) is 0 Å². The van der Waals surface area contributed by atoms with Gasteiger partial charge in [0, 0.05) is 50.5 Å². The topological polar surface area (TPSA) is 57.5 Å². The summed E-state index contributed by atoms with van der Waals surface area (Å²) in [5.41, 5.74) is -0.780. The lowest BCUT2D eigenvalue weighted by molar-refractivity contribution is -0.142. The van der Waals surface area contributed by atoms with Crippen LogP contribution >= 0.6 is 0 Å². The molecule has 0 spiro atoms. The number of likely N-dealkylation sites (tertiary alicyclic amines) is 1. The predicted octanol–water partition coefficient (Wildman–Crippen LogP) is 2.12. The van der Waals surface area contributed by atoms with Crippen LogP contribution in [0.2, 0.25) is 0 Å². The van der Waals surface area contributed by atoms with Gasteiger partial charge in [-0.1, -0.05) is 0 Å². The van der Waals surface area contributed by atoms with E-state index in [1.54, 1.807) is 0 Å². The van der Waals surface area contributed by atoms with Crippen molar-refractivity contribution in [3.05, 3.63) is 17.5 Å². The number of nitrogens with one attached hydrogen (secondary N) is 2. The molecule has 1 saturated carbocycles. The Morgan fingerprint density at radius 3 is 2.54 bits per heavy atom. The number of aliphatic imine (C=N–C) groups is 1. The number of hydrogen-bond acceptors (Lipinski definition) is 3. The van der Waals surface area contributed by atoms with E-state index >= 15 is 0 Å². The van der Waals surface area contributed by atoms with Crippen LogP contribution in [0.25, 0.3) is 0 Å². The van der Waals surface area contributed by atoms with Crippen LogP contribution in [0.15, 0.2) is 11.2 Å². The minimum Gasteiger partial charge on any atom is -0.357 e. The maximum atomic E-state index is 13.1. The summed E-state index contributed by atoms with van der Waals surface area (Å²) in [5.74, 6) is 0.564. The van der Waals surface area contributed by atoms with Crippen molar-refractivity contribution in [2.24, 2.45) is 12.0 Å². The lowest BCUT2D eigenvalue weighted by atomic mass is 10.1. The zero-order valence-electron chi connectivity index (χ0n) is 15.3. The van der Waals surface area contributed by atoms with Gasteiger partial charge in [0.25, 0.3) is 0 Å². The molecular weight excluding hydrogens is 345 g/mol. The molecule has 2 heterocycles. The van der Waals surface area contributed by atoms with E-state index in [9.17, 15) is 13.2 Å². The van der Waals surface area contributed by atoms with Crippen LogP contribution in [0.4, 0.5) is 13.2 Å². The van der Waals surface area contributed by atoms with Crippen molar-refractivity contribution in [3.63, 3.8) is 0 Å². The Bertz CT molecular complexity index is 627. The number of aryl methyl sites for hydroxylation is 1. The molecule has 2 N–H and O–H groups in total. The standard InChI is InChI=1S/C17H27F3N6/c1-3-21-16(23-13-6-8-26(9-7-13)14-4-5-14)22-10-12-11-25(2)24-15(12)17(18,19)20/h11,13-14H,3-10H2,1-2H3,(H2,21,22,23). The molecule has 0 atom stereocenters. The van der Waals surface area contributed by atoms with Gasteiger partial charge in [0.2, 0.25) is 0 Å². The first-order valence-corrected chi connectivity index (χ1v) is 9.25. The fourth-order valence-electron chi connectivity index (χ4n) is 3.42. The maximum Gasteiger partial charge on any atom is 0.435 e. The highest BCUT2D eigenvalue weighted by atomic mass is 19.4. The summed E-state index contributed by atoms with van der Waals surface area (Å²) in [7, 11) is 1.49. The normalized spacial score (nSPS) is 20.4. The van der Waals surface area contributed by atoms with Gasteiger partial charge in [0.15, 0.2) is 11.7 Å². The number of hydrogen-bond donors (Lipinski definition) is 2. The first-order valence-electron chi connectivity index (χ1n) is 9.25. The third kappa shape index (κ3) is 4.90. The molecule has 9 heteroatoms. The van der Waals surface area contributed by atoms with Gasteiger partial charge in [-0.3, -0.25) is 4.68 Å². The van der Waals surface area contributed by atoms with Crippen LogP contribution < -0.4 is 10.6 Å². The summed E-state index contributed by atoms with van der Waals surface area (Å²) in [6.45, 7) is 4.69. The number of piperidine rings is 1. The highest BCUT2D eigenvalue weighted by Gasteiger charge is 2.37. The summed E-state index contributed by atoms with van der Waals surface area (Å²) in [6, 6.07) is 1.09. The largest absolute Gasteiger partial charge is 0.435 e. The number of alkyl halides is 3. The van der Waals surface area contributed by atoms with E-state index in [4.69, 9.17) is 0 Å². The molecule has 0 radical (unpaired) electrons. The van der Waals surface area contributed by atoms with Crippen LogP contribution in [-0.2, 0) is 19.8 Å². The molecule has 0 amide bonds. The van der Waals surface area contributed by atoms with Gasteiger partial charge in [-0.25, -0.2) is 4.99 Å². The van der Waals surface area contributed by atoms with Crippen LogP contribution in [-0.4, -0.2) is 52.4 Å². The van der Waals surface area contributed by atoms with E-state index in [0.717, 1.165) is 32.0 Å². The van der Waals surface area contributed by atoms with Gasteiger partial charge >= 0.3 is 6.18 Å². The first-order chi connectivity index (χ1) is 12.4. The number of halogens is 3. The molecular formula is C17H27F3N6. The SMILES string of the molecule is CCNC(=NCc1cn(C)nc1C(F)(F)F)NC1CCN(C2CC2)CC1. The molecule has 146 valence electrons. The monoisotopic (exact) mass is 372 g/mol. The number of nitrogens with zero attached hydrogens (tertiary/aromatic N) is 4. The van der Waals surface area contributed by atoms with Crippen LogP contribution in [0.3, 0.4) is 0 Å². The molecule has 1 aromatic heterocycles. The molecule has 3 rings (SSSR count). The van der Waals surface area contributed by atoms with E-state index in [1.165, 1.54) is 30.8 Å². The Morgan fingerprint density at radius 2 is 1.96 bits per heavy atom. The Balaban J connectivity index is 1.61. The first kappa shape index (κ1) is 19.0. The summed E-state index contributed by atoms with van der Waals surface area (Å²) < 4.78 is 40.3. The second kappa shape index (κ2) is 7.85. The van der Waals surface area contributed by atoms with Crippen molar-refractivity contribution >= 4 is 5.96 Å². The Kier molecular flexibility index (Phi) is 5.74. The fraction of sp³-hybridized carbons (Fsp3) is 0.765. The van der Waals surface area contributed by atoms with Crippen LogP contribution in [0, 0.1) is 0 Å². The van der Waals surface area contributed by atoms with Crippen molar-refractivity contribution in [2.75, 3.05) is 19.6 Å². The van der Waals surface area contributed by atoms with Gasteiger partial charge in [-0.2, -0.15) is 18.3 Å². The van der Waals surface area contributed by atoms with E-state index in [-0.39, 0.29) is 12.1 Å². The molecule has 0 bridgehead atoms. The smallest absolute Gasteiger partial charge is 0.357 e. The number of aromatic nitrogens is 2. The Morgan fingerprint density at radius 1 is 1.27 bits per heavy atom. The summed E-state index contributed by atoms with van der Waals surface area (Å²) >= 11 is 0. The quantitative estimate of drug-likeness (QED) is 0.614. The van der Waals surface area contributed by atoms with E-state index in [1.807, 2.05) is 6.92 Å². The molecule has 1 aromatic rings. The van der Waals surface area contributed by atoms with Gasteiger partial charge in [0.05, 0.1) is 6.54 Å². The second-order valence-corrected chi connectivity index (χ2v) is 7.06. The van der Waals surface area contributed by atoms with Crippen molar-refractivity contribution in [1.82, 2.24) is 25.3 Å². The molecule has 1 aliphatic heterocycles. The number of rotatable bonds is 5. The average molecular weight is 372 g/mol. The Labute approximate surface area is 151 Å². The molecule has 1 saturated heterocycles. The lowest BCUT2D eigenvalue weighted by Crippen LogP contribution is -2.49. The Hall–Kier alpha value is -1.77. The number of guanidine groups is 1. The molecule has 2 aliphatic rings. The molecule has 6 nitrogen and oxygen atoms in total. The minimum atomic E-state index is -4.46. The molecule has 1 aliphatic carbocycles. The maximum absolute atomic E-state index is 13.1. The summed E-state index contributed by atoms with van der Waals surface area (Å²) in [5, 5.41) is 10.0. The highest BCUT2D eigenvalue weighted by Crippen LogP contribution is 2.31. The summed E-state index contributed by atoms with van der Waals surface area (Å²) in [6.07, 6.45) is 1.60. The van der Waals surface area contributed by atoms with Crippen LogP contribution in [0.5, 0.6) is 0 Å². The summed E-state index contributed by atoms with van der Waals surface area (Å²) in [4.78, 5) is 6.89. The van der Waals surface area contributed by atoms with Crippen LogP contribution in [0.1, 0.15) is 43.9 Å².